The van der Waals surface area contributed by atoms with Gasteiger partial charge in [-0.1, -0.05) is 18.7 Å². The Hall–Kier alpha value is -1.89. The lowest BCUT2D eigenvalue weighted by molar-refractivity contribution is -0.140. The first kappa shape index (κ1) is 18.1. The number of nitrogens with zero attached hydrogens (tertiary/aromatic N) is 1. The maximum Gasteiger partial charge on any atom is 0.433 e. The van der Waals surface area contributed by atoms with Gasteiger partial charge in [0.2, 0.25) is 0 Å². The lowest BCUT2D eigenvalue weighted by atomic mass is 10.3. The van der Waals surface area contributed by atoms with E-state index in [1.165, 1.54) is 0 Å². The number of hydrogen-bond acceptors (Lipinski definition) is 6. The second-order valence-electron chi connectivity index (χ2n) is 4.01. The molecule has 0 saturated heterocycles. The highest BCUT2D eigenvalue weighted by molar-refractivity contribution is 5.86. The van der Waals surface area contributed by atoms with Crippen LogP contribution in [0.15, 0.2) is 17.3 Å². The van der Waals surface area contributed by atoms with Crippen LogP contribution in [-0.4, -0.2) is 44.1 Å². The molecule has 0 bridgehead atoms. The summed E-state index contributed by atoms with van der Waals surface area (Å²) >= 11 is 0. The maximum absolute atomic E-state index is 11.1. The Balaban J connectivity index is 3.46. The molecule has 0 aromatic carbocycles. The number of rotatable bonds is 9. The van der Waals surface area contributed by atoms with Crippen LogP contribution in [0, 0.1) is 0 Å². The molecule has 1 N–H and O–H groups in total. The Kier molecular flexibility index (Phi) is 9.94. The monoisotopic (exact) mass is 286 g/mol. The molecule has 0 radical (unpaired) electrons. The molecule has 0 aliphatic carbocycles. The van der Waals surface area contributed by atoms with Gasteiger partial charge in [-0.25, -0.2) is 9.59 Å². The van der Waals surface area contributed by atoms with Gasteiger partial charge in [-0.2, -0.15) is 0 Å². The number of carbonyl (C=O) groups excluding carboxylic acids is 2. The van der Waals surface area contributed by atoms with Crippen molar-refractivity contribution in [2.75, 3.05) is 26.4 Å². The average molecular weight is 286 g/mol. The Morgan fingerprint density at radius 2 is 1.90 bits per heavy atom. The number of amides is 1. The van der Waals surface area contributed by atoms with Crippen LogP contribution in [-0.2, 0) is 19.1 Å². The SMILES string of the molecule is C=C(C)C(=O)OCCOCCNC(=O)ON=C(C)CC. The van der Waals surface area contributed by atoms with E-state index in [0.717, 1.165) is 12.1 Å². The summed E-state index contributed by atoms with van der Waals surface area (Å²) in [5.74, 6) is -0.445. The normalized spacial score (nSPS) is 10.8. The third-order valence-electron chi connectivity index (χ3n) is 2.12. The summed E-state index contributed by atoms with van der Waals surface area (Å²) in [5.41, 5.74) is 1.08. The summed E-state index contributed by atoms with van der Waals surface area (Å²) in [5, 5.41) is 6.07. The molecule has 0 rings (SSSR count). The van der Waals surface area contributed by atoms with Crippen LogP contribution in [0.4, 0.5) is 4.79 Å². The molecule has 0 aliphatic heterocycles. The second-order valence-corrected chi connectivity index (χ2v) is 4.01. The minimum Gasteiger partial charge on any atom is -0.460 e. The van der Waals surface area contributed by atoms with E-state index in [-0.39, 0.29) is 26.4 Å². The van der Waals surface area contributed by atoms with Crippen molar-refractivity contribution >= 4 is 17.8 Å². The van der Waals surface area contributed by atoms with Crippen molar-refractivity contribution in [1.82, 2.24) is 5.32 Å². The number of nitrogens with one attached hydrogen (secondary N) is 1. The van der Waals surface area contributed by atoms with Crippen LogP contribution in [0.25, 0.3) is 0 Å². The summed E-state index contributed by atoms with van der Waals surface area (Å²) < 4.78 is 9.96. The fourth-order valence-electron chi connectivity index (χ4n) is 0.860. The Bertz CT molecular complexity index is 366. The first-order valence-corrected chi connectivity index (χ1v) is 6.36. The first-order chi connectivity index (χ1) is 9.47. The molecule has 0 saturated carbocycles. The zero-order valence-corrected chi connectivity index (χ0v) is 12.2. The molecule has 0 heterocycles. The smallest absolute Gasteiger partial charge is 0.433 e. The van der Waals surface area contributed by atoms with Gasteiger partial charge in [0.1, 0.15) is 6.61 Å². The predicted octanol–water partition coefficient (Wildman–Crippen LogP) is 1.63. The van der Waals surface area contributed by atoms with Crippen LogP contribution in [0.1, 0.15) is 27.2 Å². The van der Waals surface area contributed by atoms with E-state index in [1.54, 1.807) is 13.8 Å². The predicted molar refractivity (Wildman–Crippen MR) is 74.5 cm³/mol. The molecule has 0 fully saturated rings. The van der Waals surface area contributed by atoms with Crippen molar-refractivity contribution in [2.24, 2.45) is 5.16 Å². The van der Waals surface area contributed by atoms with E-state index in [4.69, 9.17) is 9.47 Å². The summed E-state index contributed by atoms with van der Waals surface area (Å²) in [7, 11) is 0. The van der Waals surface area contributed by atoms with E-state index in [0.29, 0.717) is 5.57 Å². The number of ether oxygens (including phenoxy) is 2. The van der Waals surface area contributed by atoms with Crippen molar-refractivity contribution in [2.45, 2.75) is 27.2 Å². The van der Waals surface area contributed by atoms with Crippen molar-refractivity contribution in [3.63, 3.8) is 0 Å². The van der Waals surface area contributed by atoms with Crippen LogP contribution in [0.3, 0.4) is 0 Å². The van der Waals surface area contributed by atoms with Crippen molar-refractivity contribution in [1.29, 1.82) is 0 Å². The minimum atomic E-state index is -0.630. The summed E-state index contributed by atoms with van der Waals surface area (Å²) in [6, 6.07) is 0. The van der Waals surface area contributed by atoms with Crippen molar-refractivity contribution in [3.05, 3.63) is 12.2 Å². The lowest BCUT2D eigenvalue weighted by Gasteiger charge is -2.06. The zero-order valence-electron chi connectivity index (χ0n) is 12.2. The lowest BCUT2D eigenvalue weighted by Crippen LogP contribution is -2.27. The fourth-order valence-corrected chi connectivity index (χ4v) is 0.860. The molecule has 7 nitrogen and oxygen atoms in total. The van der Waals surface area contributed by atoms with Gasteiger partial charge in [0.25, 0.3) is 0 Å². The molecule has 7 heteroatoms. The zero-order chi connectivity index (χ0) is 15.4. The molecule has 0 aliphatic rings. The van der Waals surface area contributed by atoms with Gasteiger partial charge in [-0.05, 0) is 20.3 Å². The molecule has 0 aromatic rings. The highest BCUT2D eigenvalue weighted by Gasteiger charge is 2.03. The molecule has 1 amide bonds. The topological polar surface area (TPSA) is 86.2 Å². The van der Waals surface area contributed by atoms with Crippen molar-refractivity contribution in [3.8, 4) is 0 Å². The van der Waals surface area contributed by atoms with Gasteiger partial charge in [-0.15, -0.1) is 0 Å². The number of esters is 1. The van der Waals surface area contributed by atoms with Gasteiger partial charge in [-0.3, -0.25) is 4.84 Å². The van der Waals surface area contributed by atoms with Gasteiger partial charge in [0.15, 0.2) is 0 Å². The van der Waals surface area contributed by atoms with E-state index in [2.05, 4.69) is 21.9 Å². The van der Waals surface area contributed by atoms with Gasteiger partial charge >= 0.3 is 12.1 Å². The van der Waals surface area contributed by atoms with E-state index in [9.17, 15) is 9.59 Å². The Labute approximate surface area is 118 Å². The van der Waals surface area contributed by atoms with Gasteiger partial charge < -0.3 is 14.8 Å². The third-order valence-corrected chi connectivity index (χ3v) is 2.12. The quantitative estimate of drug-likeness (QED) is 0.174. The molecule has 0 atom stereocenters. The molecular formula is C13H22N2O5. The summed E-state index contributed by atoms with van der Waals surface area (Å²) in [4.78, 5) is 26.7. The molecule has 0 spiro atoms. The minimum absolute atomic E-state index is 0.149. The number of carbonyl (C=O) groups is 2. The largest absolute Gasteiger partial charge is 0.460 e. The van der Waals surface area contributed by atoms with Gasteiger partial charge in [0.05, 0.1) is 18.9 Å². The van der Waals surface area contributed by atoms with Crippen LogP contribution in [0.5, 0.6) is 0 Å². The van der Waals surface area contributed by atoms with Crippen LogP contribution in [0.2, 0.25) is 0 Å². The van der Waals surface area contributed by atoms with Crippen LogP contribution < -0.4 is 5.32 Å². The average Bonchev–Trinajstić information content (AvgIpc) is 2.43. The highest BCUT2D eigenvalue weighted by Crippen LogP contribution is 1.91. The van der Waals surface area contributed by atoms with Crippen LogP contribution >= 0.6 is 0 Å². The first-order valence-electron chi connectivity index (χ1n) is 6.36. The Morgan fingerprint density at radius 1 is 1.20 bits per heavy atom. The van der Waals surface area contributed by atoms with Crippen molar-refractivity contribution < 1.29 is 23.9 Å². The fraction of sp³-hybridized carbons (Fsp3) is 0.615. The molecule has 20 heavy (non-hydrogen) atoms. The van der Waals surface area contributed by atoms with E-state index in [1.807, 2.05) is 6.92 Å². The molecule has 0 unspecified atom stereocenters. The Morgan fingerprint density at radius 3 is 2.50 bits per heavy atom. The molecular weight excluding hydrogens is 264 g/mol. The summed E-state index contributed by atoms with van der Waals surface area (Å²) in [6.45, 7) is 9.68. The standard InChI is InChI=1S/C13H22N2O5/c1-5-11(4)15-20-13(17)14-6-7-18-8-9-19-12(16)10(2)3/h2,5-9H2,1,3-4H3,(H,14,17). The van der Waals surface area contributed by atoms with Gasteiger partial charge in [0, 0.05) is 12.1 Å². The van der Waals surface area contributed by atoms with E-state index < -0.39 is 12.1 Å². The number of oxime groups is 1. The number of hydrogen-bond donors (Lipinski definition) is 1. The van der Waals surface area contributed by atoms with E-state index >= 15 is 0 Å². The molecule has 114 valence electrons. The highest BCUT2D eigenvalue weighted by atomic mass is 16.7. The summed E-state index contributed by atoms with van der Waals surface area (Å²) in [6.07, 6.45) is 0.0920. The maximum atomic E-state index is 11.1. The third kappa shape index (κ3) is 10.1. The molecule has 0 aromatic heterocycles. The second kappa shape index (κ2) is 11.0.